The molecular formula is C31H41FN4O5. The SMILES string of the molecule is COc1cc2c(Oc3ccc(NC(=O)NCCC(C)(C)C)cc3F)ccnc2cc1OCCN1CC(C)OC(C)C1. The summed E-state index contributed by atoms with van der Waals surface area (Å²) in [7, 11) is 1.57. The molecule has 2 N–H and O–H groups in total. The fourth-order valence-corrected chi connectivity index (χ4v) is 4.75. The van der Waals surface area contributed by atoms with Crippen molar-refractivity contribution in [2.24, 2.45) is 5.41 Å². The van der Waals surface area contributed by atoms with E-state index in [1.165, 1.54) is 12.1 Å². The van der Waals surface area contributed by atoms with Crippen molar-refractivity contribution in [1.82, 2.24) is 15.2 Å². The van der Waals surface area contributed by atoms with E-state index in [2.05, 4.69) is 55.1 Å². The summed E-state index contributed by atoms with van der Waals surface area (Å²) in [5.41, 5.74) is 1.05. The zero-order chi connectivity index (χ0) is 29.6. The fraction of sp³-hybridized carbons (Fsp3) is 0.484. The van der Waals surface area contributed by atoms with Gasteiger partial charge in [-0.1, -0.05) is 20.8 Å². The Hall–Kier alpha value is -3.63. The monoisotopic (exact) mass is 568 g/mol. The number of carbonyl (C=O) groups is 1. The van der Waals surface area contributed by atoms with Gasteiger partial charge in [-0.05, 0) is 49.9 Å². The summed E-state index contributed by atoms with van der Waals surface area (Å²) in [5, 5.41) is 6.09. The topological polar surface area (TPSA) is 94.2 Å². The van der Waals surface area contributed by atoms with Crippen molar-refractivity contribution >= 4 is 22.6 Å². The van der Waals surface area contributed by atoms with E-state index in [0.29, 0.717) is 47.0 Å². The number of amides is 2. The Kier molecular flexibility index (Phi) is 9.88. The molecule has 2 atom stereocenters. The number of anilines is 1. The minimum atomic E-state index is -0.610. The Morgan fingerprint density at radius 2 is 1.83 bits per heavy atom. The summed E-state index contributed by atoms with van der Waals surface area (Å²) in [6, 6.07) is 9.15. The van der Waals surface area contributed by atoms with Gasteiger partial charge in [0, 0.05) is 55.6 Å². The van der Waals surface area contributed by atoms with Gasteiger partial charge in [-0.3, -0.25) is 9.88 Å². The van der Waals surface area contributed by atoms with Gasteiger partial charge in [-0.15, -0.1) is 0 Å². The number of benzene rings is 2. The fourth-order valence-electron chi connectivity index (χ4n) is 4.75. The Labute approximate surface area is 241 Å². The van der Waals surface area contributed by atoms with Gasteiger partial charge < -0.3 is 29.6 Å². The normalized spacial score (nSPS) is 17.7. The lowest BCUT2D eigenvalue weighted by Gasteiger charge is -2.35. The third kappa shape index (κ3) is 8.68. The number of fused-ring (bicyclic) bond motifs is 1. The molecule has 0 spiro atoms. The molecule has 9 nitrogen and oxygen atoms in total. The number of ether oxygens (including phenoxy) is 4. The highest BCUT2D eigenvalue weighted by molar-refractivity contribution is 5.90. The summed E-state index contributed by atoms with van der Waals surface area (Å²) in [6.07, 6.45) is 2.81. The number of nitrogens with zero attached hydrogens (tertiary/aromatic N) is 2. The molecule has 3 aromatic rings. The largest absolute Gasteiger partial charge is 0.493 e. The van der Waals surface area contributed by atoms with E-state index in [4.69, 9.17) is 18.9 Å². The highest BCUT2D eigenvalue weighted by Crippen LogP contribution is 2.38. The number of aromatic nitrogens is 1. The molecule has 10 heteroatoms. The van der Waals surface area contributed by atoms with Gasteiger partial charge >= 0.3 is 6.03 Å². The molecule has 2 heterocycles. The number of rotatable bonds is 10. The first-order valence-corrected chi connectivity index (χ1v) is 14.0. The summed E-state index contributed by atoms with van der Waals surface area (Å²) < 4.78 is 38.4. The van der Waals surface area contributed by atoms with E-state index in [1.54, 1.807) is 37.6 Å². The van der Waals surface area contributed by atoms with E-state index in [1.807, 2.05) is 0 Å². The van der Waals surface area contributed by atoms with Crippen molar-refractivity contribution in [2.45, 2.75) is 53.2 Å². The Morgan fingerprint density at radius 1 is 1.07 bits per heavy atom. The van der Waals surface area contributed by atoms with Crippen molar-refractivity contribution in [3.8, 4) is 23.0 Å². The van der Waals surface area contributed by atoms with E-state index >= 15 is 0 Å². The van der Waals surface area contributed by atoms with Crippen LogP contribution < -0.4 is 24.8 Å². The van der Waals surface area contributed by atoms with Crippen molar-refractivity contribution in [1.29, 1.82) is 0 Å². The van der Waals surface area contributed by atoms with Crippen LogP contribution in [0.15, 0.2) is 42.6 Å². The maximum absolute atomic E-state index is 15.0. The number of pyridine rings is 1. The number of methoxy groups -OCH3 is 1. The van der Waals surface area contributed by atoms with Crippen LogP contribution >= 0.6 is 0 Å². The molecule has 0 bridgehead atoms. The standard InChI is InChI=1S/C31H41FN4O5/c1-20-18-36(19-21(2)40-20)13-14-39-29-17-25-23(16-28(29)38-6)26(9-11-33-25)41-27-8-7-22(15-24(27)32)35-30(37)34-12-10-31(3,4)5/h7-9,11,15-17,20-21H,10,12-14,18-19H2,1-6H3,(H2,34,35,37). The predicted molar refractivity (Wildman–Crippen MR) is 158 cm³/mol. The second kappa shape index (κ2) is 13.4. The van der Waals surface area contributed by atoms with E-state index in [9.17, 15) is 9.18 Å². The van der Waals surface area contributed by atoms with Gasteiger partial charge in [0.1, 0.15) is 12.4 Å². The van der Waals surface area contributed by atoms with Crippen LogP contribution in [0.5, 0.6) is 23.0 Å². The molecule has 1 aliphatic heterocycles. The second-order valence-corrected chi connectivity index (χ2v) is 11.6. The highest BCUT2D eigenvalue weighted by Gasteiger charge is 2.22. The predicted octanol–water partition coefficient (Wildman–Crippen LogP) is 6.22. The van der Waals surface area contributed by atoms with Crippen LogP contribution in [0.3, 0.4) is 0 Å². The van der Waals surface area contributed by atoms with Gasteiger partial charge in [0.2, 0.25) is 0 Å². The van der Waals surface area contributed by atoms with Crippen LogP contribution in [0.2, 0.25) is 0 Å². The second-order valence-electron chi connectivity index (χ2n) is 11.6. The first-order valence-electron chi connectivity index (χ1n) is 14.0. The van der Waals surface area contributed by atoms with Crippen molar-refractivity contribution in [3.05, 3.63) is 48.4 Å². The maximum atomic E-state index is 15.0. The molecule has 41 heavy (non-hydrogen) atoms. The average Bonchev–Trinajstić information content (AvgIpc) is 2.88. The summed E-state index contributed by atoms with van der Waals surface area (Å²) in [5.74, 6) is 0.916. The number of carbonyl (C=O) groups excluding carboxylic acids is 1. The number of urea groups is 1. The van der Waals surface area contributed by atoms with Crippen LogP contribution in [0.1, 0.15) is 41.0 Å². The molecule has 4 rings (SSSR count). The van der Waals surface area contributed by atoms with Crippen molar-refractivity contribution < 1.29 is 28.1 Å². The Morgan fingerprint density at radius 3 is 2.51 bits per heavy atom. The number of halogens is 1. The molecule has 1 aliphatic rings. The highest BCUT2D eigenvalue weighted by atomic mass is 19.1. The molecule has 222 valence electrons. The minimum Gasteiger partial charge on any atom is -0.493 e. The molecule has 1 fully saturated rings. The molecule has 0 radical (unpaired) electrons. The summed E-state index contributed by atoms with van der Waals surface area (Å²) in [6.45, 7) is 14.0. The third-order valence-corrected chi connectivity index (χ3v) is 6.72. The van der Waals surface area contributed by atoms with Crippen molar-refractivity contribution in [2.75, 3.05) is 45.2 Å². The lowest BCUT2D eigenvalue weighted by atomic mass is 9.92. The molecule has 2 aromatic carbocycles. The lowest BCUT2D eigenvalue weighted by molar-refractivity contribution is -0.0699. The summed E-state index contributed by atoms with van der Waals surface area (Å²) >= 11 is 0. The van der Waals surface area contributed by atoms with Crippen LogP contribution in [0.25, 0.3) is 10.9 Å². The maximum Gasteiger partial charge on any atom is 0.319 e. The molecule has 2 unspecified atom stereocenters. The van der Waals surface area contributed by atoms with Crippen LogP contribution in [-0.4, -0.2) is 68.0 Å². The van der Waals surface area contributed by atoms with Crippen LogP contribution in [-0.2, 0) is 4.74 Å². The van der Waals surface area contributed by atoms with Crippen LogP contribution in [0, 0.1) is 11.2 Å². The van der Waals surface area contributed by atoms with Gasteiger partial charge in [-0.2, -0.15) is 0 Å². The zero-order valence-corrected chi connectivity index (χ0v) is 24.8. The lowest BCUT2D eigenvalue weighted by Crippen LogP contribution is -2.46. The quantitative estimate of drug-likeness (QED) is 0.300. The van der Waals surface area contributed by atoms with E-state index in [-0.39, 0.29) is 29.4 Å². The van der Waals surface area contributed by atoms with Gasteiger partial charge in [0.05, 0.1) is 24.8 Å². The van der Waals surface area contributed by atoms with Gasteiger partial charge in [-0.25, -0.2) is 9.18 Å². The number of nitrogens with one attached hydrogen (secondary N) is 2. The Balaban J connectivity index is 1.42. The Bertz CT molecular complexity index is 1340. The van der Waals surface area contributed by atoms with E-state index < -0.39 is 5.82 Å². The first-order chi connectivity index (χ1) is 19.5. The van der Waals surface area contributed by atoms with E-state index in [0.717, 1.165) is 26.1 Å². The molecule has 0 aliphatic carbocycles. The number of hydrogen-bond donors (Lipinski definition) is 2. The smallest absolute Gasteiger partial charge is 0.319 e. The molecule has 1 saturated heterocycles. The molecular weight excluding hydrogens is 527 g/mol. The number of morpholine rings is 1. The van der Waals surface area contributed by atoms with Crippen molar-refractivity contribution in [3.63, 3.8) is 0 Å². The summed E-state index contributed by atoms with van der Waals surface area (Å²) in [4.78, 5) is 19.0. The van der Waals surface area contributed by atoms with Gasteiger partial charge in [0.25, 0.3) is 0 Å². The third-order valence-electron chi connectivity index (χ3n) is 6.72. The first kappa shape index (κ1) is 30.3. The molecule has 0 saturated carbocycles. The average molecular weight is 569 g/mol. The molecule has 2 amide bonds. The number of hydrogen-bond acceptors (Lipinski definition) is 7. The molecule has 1 aromatic heterocycles. The van der Waals surface area contributed by atoms with Crippen LogP contribution in [0.4, 0.5) is 14.9 Å². The zero-order valence-electron chi connectivity index (χ0n) is 24.8. The minimum absolute atomic E-state index is 0.0180. The van der Waals surface area contributed by atoms with Gasteiger partial charge in [0.15, 0.2) is 23.1 Å².